The highest BCUT2D eigenvalue weighted by Crippen LogP contribution is 2.26. The van der Waals surface area contributed by atoms with E-state index >= 15 is 0 Å². The van der Waals surface area contributed by atoms with Crippen LogP contribution in [0.25, 0.3) is 21.9 Å². The standard InChI is InChI=1S/C17H18N4O3/c1-10(2)8-21-9-19-14-15(17(23)24-13(22)7-18)20-12-6-4-3-5-11(12)16(14)21/h3-6,9-10H,7-8,18H2,1-2H3. The molecule has 7 heteroatoms. The lowest BCUT2D eigenvalue weighted by Gasteiger charge is -2.10. The van der Waals surface area contributed by atoms with Crippen LogP contribution in [0.5, 0.6) is 0 Å². The van der Waals surface area contributed by atoms with Gasteiger partial charge in [0.15, 0.2) is 5.69 Å². The second-order valence-electron chi connectivity index (χ2n) is 5.93. The summed E-state index contributed by atoms with van der Waals surface area (Å²) >= 11 is 0. The van der Waals surface area contributed by atoms with Gasteiger partial charge in [0, 0.05) is 11.9 Å². The molecule has 0 aliphatic rings. The first-order valence-electron chi connectivity index (χ1n) is 7.70. The molecule has 0 spiro atoms. The van der Waals surface area contributed by atoms with Crippen molar-refractivity contribution in [1.82, 2.24) is 14.5 Å². The number of nitrogens with zero attached hydrogens (tertiary/aromatic N) is 3. The number of hydrogen-bond donors (Lipinski definition) is 1. The van der Waals surface area contributed by atoms with Crippen molar-refractivity contribution in [3.63, 3.8) is 0 Å². The zero-order chi connectivity index (χ0) is 17.3. The van der Waals surface area contributed by atoms with Gasteiger partial charge in [0.2, 0.25) is 0 Å². The number of imidazole rings is 1. The molecule has 124 valence electrons. The lowest BCUT2D eigenvalue weighted by Crippen LogP contribution is -2.21. The Morgan fingerprint density at radius 1 is 1.29 bits per heavy atom. The van der Waals surface area contributed by atoms with Crippen LogP contribution in [0.15, 0.2) is 30.6 Å². The van der Waals surface area contributed by atoms with Gasteiger partial charge < -0.3 is 15.0 Å². The Balaban J connectivity index is 2.24. The number of pyridine rings is 1. The van der Waals surface area contributed by atoms with E-state index in [0.717, 1.165) is 17.4 Å². The third kappa shape index (κ3) is 2.85. The number of carbonyl (C=O) groups excluding carboxylic acids is 2. The van der Waals surface area contributed by atoms with Crippen LogP contribution in [0.3, 0.4) is 0 Å². The Hall–Kier alpha value is -2.80. The van der Waals surface area contributed by atoms with Gasteiger partial charge in [0.05, 0.1) is 23.9 Å². The van der Waals surface area contributed by atoms with E-state index in [-0.39, 0.29) is 12.2 Å². The van der Waals surface area contributed by atoms with Crippen LogP contribution in [-0.4, -0.2) is 33.0 Å². The van der Waals surface area contributed by atoms with Crippen molar-refractivity contribution in [3.8, 4) is 0 Å². The summed E-state index contributed by atoms with van der Waals surface area (Å²) in [6.45, 7) is 4.58. The van der Waals surface area contributed by atoms with Crippen LogP contribution < -0.4 is 5.73 Å². The highest BCUT2D eigenvalue weighted by molar-refractivity contribution is 6.12. The van der Waals surface area contributed by atoms with Gasteiger partial charge in [-0.3, -0.25) is 4.79 Å². The topological polar surface area (TPSA) is 100 Å². The largest absolute Gasteiger partial charge is 0.387 e. The van der Waals surface area contributed by atoms with Crippen molar-refractivity contribution in [2.75, 3.05) is 6.54 Å². The maximum atomic E-state index is 12.3. The van der Waals surface area contributed by atoms with Gasteiger partial charge in [-0.15, -0.1) is 0 Å². The minimum absolute atomic E-state index is 0.0213. The summed E-state index contributed by atoms with van der Waals surface area (Å²) in [5, 5.41) is 0.896. The first-order valence-corrected chi connectivity index (χ1v) is 7.70. The molecular weight excluding hydrogens is 308 g/mol. The van der Waals surface area contributed by atoms with E-state index in [1.165, 1.54) is 0 Å². The summed E-state index contributed by atoms with van der Waals surface area (Å²) in [6.07, 6.45) is 1.68. The van der Waals surface area contributed by atoms with Crippen molar-refractivity contribution < 1.29 is 14.3 Å². The second kappa shape index (κ2) is 6.37. The molecule has 3 aromatic rings. The Morgan fingerprint density at radius 2 is 2.04 bits per heavy atom. The summed E-state index contributed by atoms with van der Waals surface area (Å²) in [7, 11) is 0. The molecule has 0 saturated heterocycles. The lowest BCUT2D eigenvalue weighted by molar-refractivity contribution is -0.136. The molecule has 0 bridgehead atoms. The Labute approximate surface area is 138 Å². The monoisotopic (exact) mass is 326 g/mol. The van der Waals surface area contributed by atoms with Crippen LogP contribution in [0.4, 0.5) is 0 Å². The van der Waals surface area contributed by atoms with Gasteiger partial charge in [-0.1, -0.05) is 32.0 Å². The average molecular weight is 326 g/mol. The second-order valence-corrected chi connectivity index (χ2v) is 5.93. The van der Waals surface area contributed by atoms with Gasteiger partial charge in [-0.25, -0.2) is 14.8 Å². The predicted molar refractivity (Wildman–Crippen MR) is 89.3 cm³/mol. The molecule has 7 nitrogen and oxygen atoms in total. The molecule has 0 unspecified atom stereocenters. The van der Waals surface area contributed by atoms with Crippen LogP contribution in [0.1, 0.15) is 24.3 Å². The summed E-state index contributed by atoms with van der Waals surface area (Å²) in [5.74, 6) is -1.23. The first-order chi connectivity index (χ1) is 11.5. The van der Waals surface area contributed by atoms with E-state index in [0.29, 0.717) is 17.0 Å². The number of hydrogen-bond acceptors (Lipinski definition) is 6. The Morgan fingerprint density at radius 3 is 2.75 bits per heavy atom. The molecule has 0 saturated carbocycles. The quantitative estimate of drug-likeness (QED) is 0.580. The first kappa shape index (κ1) is 16.1. The van der Waals surface area contributed by atoms with E-state index < -0.39 is 11.9 Å². The number of carbonyl (C=O) groups is 2. The van der Waals surface area contributed by atoms with Crippen molar-refractivity contribution >= 4 is 33.9 Å². The summed E-state index contributed by atoms with van der Waals surface area (Å²) < 4.78 is 6.71. The maximum absolute atomic E-state index is 12.3. The summed E-state index contributed by atoms with van der Waals surface area (Å²) in [5.41, 5.74) is 7.08. The maximum Gasteiger partial charge on any atom is 0.366 e. The SMILES string of the molecule is CC(C)Cn1cnc2c(C(=O)OC(=O)CN)nc3ccccc3c21. The van der Waals surface area contributed by atoms with E-state index in [2.05, 4.69) is 23.8 Å². The average Bonchev–Trinajstić information content (AvgIpc) is 2.97. The van der Waals surface area contributed by atoms with E-state index in [1.54, 1.807) is 6.33 Å². The normalized spacial score (nSPS) is 11.3. The van der Waals surface area contributed by atoms with Gasteiger partial charge in [0.1, 0.15) is 5.52 Å². The van der Waals surface area contributed by atoms with Crippen molar-refractivity contribution in [3.05, 3.63) is 36.3 Å². The van der Waals surface area contributed by atoms with Gasteiger partial charge in [-0.05, 0) is 12.0 Å². The Bertz CT molecular complexity index is 930. The number of rotatable bonds is 4. The zero-order valence-corrected chi connectivity index (χ0v) is 13.5. The number of nitrogens with two attached hydrogens (primary N) is 1. The predicted octanol–water partition coefficient (Wildman–Crippen LogP) is 1.88. The molecule has 3 rings (SSSR count). The highest BCUT2D eigenvalue weighted by Gasteiger charge is 2.22. The van der Waals surface area contributed by atoms with E-state index in [9.17, 15) is 9.59 Å². The molecule has 0 atom stereocenters. The molecule has 2 heterocycles. The molecule has 0 aliphatic carbocycles. The fourth-order valence-electron chi connectivity index (χ4n) is 2.65. The van der Waals surface area contributed by atoms with Crippen molar-refractivity contribution in [2.45, 2.75) is 20.4 Å². The number of benzene rings is 1. The van der Waals surface area contributed by atoms with Crippen LogP contribution in [0.2, 0.25) is 0 Å². The minimum Gasteiger partial charge on any atom is -0.387 e. The number of aromatic nitrogens is 3. The van der Waals surface area contributed by atoms with Crippen LogP contribution >= 0.6 is 0 Å². The van der Waals surface area contributed by atoms with Crippen molar-refractivity contribution in [1.29, 1.82) is 0 Å². The molecule has 2 aromatic heterocycles. The van der Waals surface area contributed by atoms with Gasteiger partial charge >= 0.3 is 11.9 Å². The van der Waals surface area contributed by atoms with Crippen LogP contribution in [0, 0.1) is 5.92 Å². The summed E-state index contributed by atoms with van der Waals surface area (Å²) in [4.78, 5) is 32.3. The van der Waals surface area contributed by atoms with Gasteiger partial charge in [-0.2, -0.15) is 0 Å². The molecule has 0 amide bonds. The number of esters is 2. The molecular formula is C17H18N4O3. The minimum atomic E-state index is -0.837. The van der Waals surface area contributed by atoms with E-state index in [1.807, 2.05) is 28.8 Å². The third-order valence-corrected chi connectivity index (χ3v) is 3.58. The highest BCUT2D eigenvalue weighted by atomic mass is 16.6. The Kier molecular flexibility index (Phi) is 4.26. The molecule has 0 aliphatic heterocycles. The number of fused-ring (bicyclic) bond motifs is 3. The smallest absolute Gasteiger partial charge is 0.366 e. The molecule has 1 aromatic carbocycles. The van der Waals surface area contributed by atoms with E-state index in [4.69, 9.17) is 10.5 Å². The molecule has 24 heavy (non-hydrogen) atoms. The fraction of sp³-hybridized carbons (Fsp3) is 0.294. The zero-order valence-electron chi connectivity index (χ0n) is 13.5. The van der Waals surface area contributed by atoms with Crippen molar-refractivity contribution in [2.24, 2.45) is 11.7 Å². The lowest BCUT2D eigenvalue weighted by atomic mass is 10.1. The summed E-state index contributed by atoms with van der Waals surface area (Å²) in [6, 6.07) is 7.49. The number of ether oxygens (including phenoxy) is 1. The van der Waals surface area contributed by atoms with Gasteiger partial charge in [0.25, 0.3) is 0 Å². The third-order valence-electron chi connectivity index (χ3n) is 3.58. The molecule has 0 fully saturated rings. The molecule has 0 radical (unpaired) electrons. The fourth-order valence-corrected chi connectivity index (χ4v) is 2.65. The van der Waals surface area contributed by atoms with Crippen LogP contribution in [-0.2, 0) is 16.1 Å². The number of para-hydroxylation sites is 1. The molecule has 2 N–H and O–H groups in total.